The summed E-state index contributed by atoms with van der Waals surface area (Å²) in [7, 11) is 0. The molecule has 0 aliphatic rings. The van der Waals surface area contributed by atoms with E-state index in [1.54, 1.807) is 0 Å². The van der Waals surface area contributed by atoms with E-state index in [1.807, 2.05) is 0 Å². The maximum Gasteiger partial charge on any atom is 0.573 e. The van der Waals surface area contributed by atoms with E-state index in [9.17, 15) is 44.6 Å². The maximum absolute atomic E-state index is 14.0. The van der Waals surface area contributed by atoms with Crippen LogP contribution in [0.3, 0.4) is 0 Å². The van der Waals surface area contributed by atoms with Crippen molar-refractivity contribution in [1.29, 1.82) is 0 Å². The summed E-state index contributed by atoms with van der Waals surface area (Å²) in [5, 5.41) is 10.4. The zero-order valence-electron chi connectivity index (χ0n) is 23.0. The fourth-order valence-electron chi connectivity index (χ4n) is 4.59. The maximum atomic E-state index is 14.0. The molecule has 14 heteroatoms. The van der Waals surface area contributed by atoms with Gasteiger partial charge in [-0.3, -0.25) is 0 Å². The third kappa shape index (κ3) is 9.72. The van der Waals surface area contributed by atoms with Gasteiger partial charge in [-0.2, -0.15) is 26.3 Å². The van der Waals surface area contributed by atoms with Gasteiger partial charge in [0.05, 0.1) is 18.2 Å². The van der Waals surface area contributed by atoms with Crippen molar-refractivity contribution in [2.24, 2.45) is 0 Å². The molecule has 4 nitrogen and oxygen atoms in total. The van der Waals surface area contributed by atoms with Crippen LogP contribution in [0.5, 0.6) is 11.5 Å². The minimum atomic E-state index is -4.90. The molecule has 0 amide bonds. The Balaban J connectivity index is 1.72. The van der Waals surface area contributed by atoms with Gasteiger partial charge in [-0.15, -0.1) is 13.2 Å². The lowest BCUT2D eigenvalue weighted by atomic mass is 9.97. The van der Waals surface area contributed by atoms with Crippen molar-refractivity contribution in [2.75, 3.05) is 11.5 Å². The van der Waals surface area contributed by atoms with Crippen LogP contribution in [0, 0.1) is 0 Å². The minimum Gasteiger partial charge on any atom is -0.489 e. The number of alkyl halides is 9. The van der Waals surface area contributed by atoms with Crippen LogP contribution in [0.1, 0.15) is 28.3 Å². The van der Waals surface area contributed by atoms with Gasteiger partial charge in [-0.05, 0) is 64.9 Å². The molecular formula is C31H24F9NO3S. The van der Waals surface area contributed by atoms with Crippen molar-refractivity contribution in [2.45, 2.75) is 42.1 Å². The molecular weight excluding hydrogens is 637 g/mol. The molecule has 1 atom stereocenters. The molecule has 0 aliphatic carbocycles. The van der Waals surface area contributed by atoms with Crippen LogP contribution in [0.15, 0.2) is 102 Å². The first-order chi connectivity index (χ1) is 21.1. The molecule has 0 aliphatic heterocycles. The van der Waals surface area contributed by atoms with Gasteiger partial charge < -0.3 is 19.5 Å². The topological polar surface area (TPSA) is 41.9 Å². The first-order valence-electron chi connectivity index (χ1n) is 13.1. The lowest BCUT2D eigenvalue weighted by molar-refractivity contribution is -0.274. The summed E-state index contributed by atoms with van der Waals surface area (Å²) in [6.45, 7) is -1.39. The molecule has 0 aromatic heterocycles. The number of hydrogen-bond donors (Lipinski definition) is 1. The summed E-state index contributed by atoms with van der Waals surface area (Å²) in [6.07, 6.45) is -9.70. The highest BCUT2D eigenvalue weighted by Gasteiger charge is 2.37. The summed E-state index contributed by atoms with van der Waals surface area (Å²) in [5.74, 6) is -0.313. The summed E-state index contributed by atoms with van der Waals surface area (Å²) in [4.78, 5) is 1.16. The van der Waals surface area contributed by atoms with Crippen molar-refractivity contribution < 1.29 is 54.1 Å². The number of ether oxygens (including phenoxy) is 2. The zero-order valence-corrected chi connectivity index (χ0v) is 23.8. The molecule has 4 rings (SSSR count). The van der Waals surface area contributed by atoms with E-state index in [0.717, 1.165) is 18.2 Å². The predicted molar refractivity (Wildman–Crippen MR) is 150 cm³/mol. The highest BCUT2D eigenvalue weighted by atomic mass is 32.2. The Kier molecular flexibility index (Phi) is 10.5. The highest BCUT2D eigenvalue weighted by molar-refractivity contribution is 8.00. The summed E-state index contributed by atoms with van der Waals surface area (Å²) in [6, 6.07) is 19.7. The zero-order chi connectivity index (χ0) is 32.8. The number of halogens is 9. The third-order valence-corrected chi connectivity index (χ3v) is 7.25. The third-order valence-electron chi connectivity index (χ3n) is 6.40. The fourth-order valence-corrected chi connectivity index (χ4v) is 5.24. The van der Waals surface area contributed by atoms with Crippen LogP contribution in [0.4, 0.5) is 45.2 Å². The van der Waals surface area contributed by atoms with Gasteiger partial charge in [0.2, 0.25) is 0 Å². The van der Waals surface area contributed by atoms with Crippen molar-refractivity contribution in [3.63, 3.8) is 0 Å². The molecule has 0 radical (unpaired) electrons. The van der Waals surface area contributed by atoms with Crippen LogP contribution in [-0.2, 0) is 19.3 Å². The Morgan fingerprint density at radius 3 is 2.09 bits per heavy atom. The van der Waals surface area contributed by atoms with E-state index in [-0.39, 0.29) is 52.4 Å². The van der Waals surface area contributed by atoms with Gasteiger partial charge in [0.15, 0.2) is 0 Å². The molecule has 4 aromatic carbocycles. The minimum absolute atomic E-state index is 0.135. The lowest BCUT2D eigenvalue weighted by Gasteiger charge is -2.35. The van der Waals surface area contributed by atoms with E-state index in [2.05, 4.69) is 4.74 Å². The number of nitrogens with zero attached hydrogens (tertiary/aromatic N) is 1. The molecule has 240 valence electrons. The van der Waals surface area contributed by atoms with Crippen LogP contribution in [-0.4, -0.2) is 23.6 Å². The Morgan fingerprint density at radius 1 is 0.733 bits per heavy atom. The quantitative estimate of drug-likeness (QED) is 0.128. The Hall–Kier alpha value is -4.04. The molecule has 0 saturated carbocycles. The van der Waals surface area contributed by atoms with Crippen molar-refractivity contribution in [3.8, 4) is 11.5 Å². The molecule has 1 unspecified atom stereocenters. The fraction of sp³-hybridized carbons (Fsp3) is 0.226. The van der Waals surface area contributed by atoms with E-state index < -0.39 is 42.0 Å². The van der Waals surface area contributed by atoms with Gasteiger partial charge in [0.1, 0.15) is 18.1 Å². The number of aliphatic hydroxyl groups is 1. The van der Waals surface area contributed by atoms with Gasteiger partial charge >= 0.3 is 18.0 Å². The Morgan fingerprint density at radius 2 is 1.40 bits per heavy atom. The second-order valence-corrected chi connectivity index (χ2v) is 10.7. The number of anilines is 1. The average Bonchev–Trinajstić information content (AvgIpc) is 2.95. The normalized spacial score (nSPS) is 12.9. The van der Waals surface area contributed by atoms with E-state index in [4.69, 9.17) is 4.74 Å². The molecule has 0 spiro atoms. The number of benzene rings is 4. The second-order valence-electron chi connectivity index (χ2n) is 9.55. The molecule has 0 heterocycles. The molecule has 0 fully saturated rings. The van der Waals surface area contributed by atoms with E-state index >= 15 is 0 Å². The smallest absolute Gasteiger partial charge is 0.489 e. The second kappa shape index (κ2) is 13.9. The number of thioether (sulfide) groups is 1. The highest BCUT2D eigenvalue weighted by Crippen LogP contribution is 2.42. The molecule has 0 saturated heterocycles. The number of rotatable bonds is 11. The largest absolute Gasteiger partial charge is 0.573 e. The first-order valence-corrected chi connectivity index (χ1v) is 13.9. The van der Waals surface area contributed by atoms with Crippen LogP contribution in [0.2, 0.25) is 0 Å². The molecule has 1 N–H and O–H groups in total. The average molecular weight is 662 g/mol. The van der Waals surface area contributed by atoms with Crippen LogP contribution < -0.4 is 14.4 Å². The molecule has 4 aromatic rings. The Bertz CT molecular complexity index is 1570. The summed E-state index contributed by atoms with van der Waals surface area (Å²) < 4.78 is 130. The predicted octanol–water partition coefficient (Wildman–Crippen LogP) is 9.54. The van der Waals surface area contributed by atoms with Gasteiger partial charge in [0, 0.05) is 23.2 Å². The SMILES string of the molecule is OCC(c1ccccc1C(F)(F)F)N(Cc1ccccc1SC(F)(F)F)c1cccc(OCc2cccc(OC(F)(F)F)c2)c1. The molecule has 45 heavy (non-hydrogen) atoms. The summed E-state index contributed by atoms with van der Waals surface area (Å²) >= 11 is -0.374. The van der Waals surface area contributed by atoms with Gasteiger partial charge in [-0.25, -0.2) is 0 Å². The van der Waals surface area contributed by atoms with E-state index in [1.165, 1.54) is 83.8 Å². The summed E-state index contributed by atoms with van der Waals surface area (Å²) in [5.41, 5.74) is -5.33. The molecule has 0 bridgehead atoms. The van der Waals surface area contributed by atoms with Crippen molar-refractivity contribution in [3.05, 3.63) is 119 Å². The Labute approximate surface area is 256 Å². The monoisotopic (exact) mass is 661 g/mol. The number of aliphatic hydroxyl groups excluding tert-OH is 1. The standard InChI is InChI=1S/C31H24F9NO3S/c32-29(33,34)26-13-3-2-12-25(26)27(18-42)41(17-21-8-1-4-14-28(21)45-31(38,39)40)22-9-6-10-23(16-22)43-19-20-7-5-11-24(15-20)44-30(35,36)37/h1-16,27,42H,17-19H2. The van der Waals surface area contributed by atoms with Crippen molar-refractivity contribution in [1.82, 2.24) is 0 Å². The van der Waals surface area contributed by atoms with Crippen molar-refractivity contribution >= 4 is 17.4 Å². The van der Waals surface area contributed by atoms with Gasteiger partial charge in [0.25, 0.3) is 0 Å². The van der Waals surface area contributed by atoms with Crippen LogP contribution in [0.25, 0.3) is 0 Å². The number of hydrogen-bond acceptors (Lipinski definition) is 5. The first kappa shape index (κ1) is 33.8. The van der Waals surface area contributed by atoms with E-state index in [0.29, 0.717) is 5.56 Å². The lowest BCUT2D eigenvalue weighted by Crippen LogP contribution is -2.32. The van der Waals surface area contributed by atoms with Gasteiger partial charge in [-0.1, -0.05) is 54.6 Å². The van der Waals surface area contributed by atoms with Crippen LogP contribution >= 0.6 is 11.8 Å².